The summed E-state index contributed by atoms with van der Waals surface area (Å²) in [7, 11) is 0. The molecule has 0 spiro atoms. The Morgan fingerprint density at radius 1 is 1.17 bits per heavy atom. The van der Waals surface area contributed by atoms with E-state index in [1.54, 1.807) is 12.1 Å². The molecule has 5 nitrogen and oxygen atoms in total. The summed E-state index contributed by atoms with van der Waals surface area (Å²) in [5.74, 6) is 1.09. The molecular formula is C21H20BrClN2O3S. The van der Waals surface area contributed by atoms with Gasteiger partial charge in [0.2, 0.25) is 0 Å². The number of aliphatic imine (C=N–C) groups is 1. The van der Waals surface area contributed by atoms with Gasteiger partial charge in [0.1, 0.15) is 0 Å². The van der Waals surface area contributed by atoms with Gasteiger partial charge in [-0.1, -0.05) is 33.6 Å². The number of nitrogens with one attached hydrogen (secondary N) is 1. The van der Waals surface area contributed by atoms with Gasteiger partial charge in [0.05, 0.1) is 23.8 Å². The van der Waals surface area contributed by atoms with Crippen LogP contribution in [0.2, 0.25) is 5.02 Å². The predicted molar refractivity (Wildman–Crippen MR) is 123 cm³/mol. The number of amides is 1. The molecule has 1 heterocycles. The second-order valence-corrected chi connectivity index (χ2v) is 8.39. The van der Waals surface area contributed by atoms with Crippen LogP contribution in [-0.2, 0) is 4.79 Å². The largest absolute Gasteiger partial charge is 0.490 e. The molecule has 1 N–H and O–H groups in total. The second kappa shape index (κ2) is 9.69. The SMILES string of the molecule is CCOc1cc(Br)c(/C=C2/SC(=Nc3ccc(C)c(Cl)c3)NC2=O)cc1OCC. The van der Waals surface area contributed by atoms with Gasteiger partial charge < -0.3 is 14.8 Å². The highest BCUT2D eigenvalue weighted by atomic mass is 79.9. The maximum atomic E-state index is 12.4. The lowest BCUT2D eigenvalue weighted by atomic mass is 10.2. The van der Waals surface area contributed by atoms with E-state index in [1.165, 1.54) is 11.8 Å². The number of ether oxygens (including phenoxy) is 2. The van der Waals surface area contributed by atoms with Crippen LogP contribution in [-0.4, -0.2) is 24.3 Å². The molecule has 0 saturated carbocycles. The summed E-state index contributed by atoms with van der Waals surface area (Å²) in [6, 6.07) is 9.23. The number of aryl methyl sites for hydroxylation is 1. The van der Waals surface area contributed by atoms with Crippen LogP contribution in [0.5, 0.6) is 11.5 Å². The molecule has 1 fully saturated rings. The van der Waals surface area contributed by atoms with Crippen LogP contribution in [0, 0.1) is 6.92 Å². The van der Waals surface area contributed by atoms with E-state index in [0.717, 1.165) is 15.6 Å². The van der Waals surface area contributed by atoms with Gasteiger partial charge in [-0.25, -0.2) is 4.99 Å². The minimum absolute atomic E-state index is 0.203. The van der Waals surface area contributed by atoms with Crippen molar-refractivity contribution in [1.82, 2.24) is 5.32 Å². The average Bonchev–Trinajstić information content (AvgIpc) is 3.01. The fourth-order valence-electron chi connectivity index (χ4n) is 2.59. The number of thioether (sulfide) groups is 1. The summed E-state index contributed by atoms with van der Waals surface area (Å²) in [5, 5.41) is 3.93. The Balaban J connectivity index is 1.88. The molecule has 8 heteroatoms. The standard InChI is InChI=1S/C21H20BrClN2O3S/c1-4-27-17-8-13(15(22)11-18(17)28-5-2)9-19-20(26)25-21(29-19)24-14-7-6-12(3)16(23)10-14/h6-11H,4-5H2,1-3H3,(H,24,25,26)/b19-9+. The summed E-state index contributed by atoms with van der Waals surface area (Å²) < 4.78 is 12.1. The van der Waals surface area contributed by atoms with Crippen LogP contribution in [0.4, 0.5) is 5.69 Å². The number of hydrogen-bond acceptors (Lipinski definition) is 5. The van der Waals surface area contributed by atoms with E-state index >= 15 is 0 Å². The van der Waals surface area contributed by atoms with Gasteiger partial charge in [0.15, 0.2) is 16.7 Å². The number of hydrogen-bond donors (Lipinski definition) is 1. The molecule has 1 aliphatic heterocycles. The summed E-state index contributed by atoms with van der Waals surface area (Å²) in [5.41, 5.74) is 2.48. The van der Waals surface area contributed by atoms with Crippen molar-refractivity contribution in [2.75, 3.05) is 13.2 Å². The number of halogens is 2. The highest BCUT2D eigenvalue weighted by molar-refractivity contribution is 9.10. The third-order valence-electron chi connectivity index (χ3n) is 3.99. The minimum Gasteiger partial charge on any atom is -0.490 e. The molecule has 1 aliphatic rings. The van der Waals surface area contributed by atoms with Crippen molar-refractivity contribution in [2.24, 2.45) is 4.99 Å². The molecule has 1 saturated heterocycles. The van der Waals surface area contributed by atoms with Crippen molar-refractivity contribution < 1.29 is 14.3 Å². The Labute approximate surface area is 187 Å². The zero-order valence-corrected chi connectivity index (χ0v) is 19.4. The van der Waals surface area contributed by atoms with Crippen LogP contribution < -0.4 is 14.8 Å². The van der Waals surface area contributed by atoms with Gasteiger partial charge in [0, 0.05) is 9.50 Å². The first-order valence-electron chi connectivity index (χ1n) is 9.06. The Bertz CT molecular complexity index is 1010. The van der Waals surface area contributed by atoms with E-state index in [4.69, 9.17) is 21.1 Å². The molecule has 3 rings (SSSR count). The number of benzene rings is 2. The van der Waals surface area contributed by atoms with Crippen LogP contribution in [0.15, 0.2) is 44.7 Å². The Kier molecular flexibility index (Phi) is 7.27. The fraction of sp³-hybridized carbons (Fsp3) is 0.238. The Morgan fingerprint density at radius 2 is 1.86 bits per heavy atom. The van der Waals surface area contributed by atoms with Gasteiger partial charge in [-0.15, -0.1) is 0 Å². The number of rotatable bonds is 6. The molecule has 1 amide bonds. The summed E-state index contributed by atoms with van der Waals surface area (Å²) in [6.07, 6.45) is 1.80. The molecule has 0 bridgehead atoms. The van der Waals surface area contributed by atoms with Crippen molar-refractivity contribution >= 4 is 62.1 Å². The predicted octanol–water partition coefficient (Wildman–Crippen LogP) is 6.10. The summed E-state index contributed by atoms with van der Waals surface area (Å²) >= 11 is 11.0. The topological polar surface area (TPSA) is 59.9 Å². The summed E-state index contributed by atoms with van der Waals surface area (Å²) in [4.78, 5) is 17.4. The maximum absolute atomic E-state index is 12.4. The van der Waals surface area contributed by atoms with E-state index < -0.39 is 0 Å². The van der Waals surface area contributed by atoms with Crippen molar-refractivity contribution in [3.05, 3.63) is 55.9 Å². The fourth-order valence-corrected chi connectivity index (χ4v) is 4.03. The number of carbonyl (C=O) groups is 1. The van der Waals surface area contributed by atoms with Crippen LogP contribution in [0.25, 0.3) is 6.08 Å². The van der Waals surface area contributed by atoms with Crippen LogP contribution in [0.3, 0.4) is 0 Å². The molecule has 0 unspecified atom stereocenters. The number of carbonyl (C=O) groups excluding carboxylic acids is 1. The van der Waals surface area contributed by atoms with Crippen LogP contribution >= 0.6 is 39.3 Å². The molecule has 2 aromatic rings. The minimum atomic E-state index is -0.203. The lowest BCUT2D eigenvalue weighted by molar-refractivity contribution is -0.115. The van der Waals surface area contributed by atoms with E-state index in [2.05, 4.69) is 26.2 Å². The number of amidine groups is 1. The Hall–Kier alpha value is -1.96. The van der Waals surface area contributed by atoms with E-state index in [-0.39, 0.29) is 5.91 Å². The molecule has 152 valence electrons. The lowest BCUT2D eigenvalue weighted by Gasteiger charge is -2.13. The molecular weight excluding hydrogens is 476 g/mol. The first kappa shape index (κ1) is 21.7. The monoisotopic (exact) mass is 494 g/mol. The third kappa shape index (κ3) is 5.35. The maximum Gasteiger partial charge on any atom is 0.264 e. The van der Waals surface area contributed by atoms with Crippen LogP contribution in [0.1, 0.15) is 25.0 Å². The van der Waals surface area contributed by atoms with Crippen molar-refractivity contribution in [3.63, 3.8) is 0 Å². The first-order chi connectivity index (χ1) is 13.9. The number of nitrogens with zero attached hydrogens (tertiary/aromatic N) is 1. The quantitative estimate of drug-likeness (QED) is 0.492. The zero-order valence-electron chi connectivity index (χ0n) is 16.2. The van der Waals surface area contributed by atoms with Crippen molar-refractivity contribution in [1.29, 1.82) is 0 Å². The molecule has 2 aromatic carbocycles. The molecule has 0 aliphatic carbocycles. The molecule has 0 atom stereocenters. The van der Waals surface area contributed by atoms with Gasteiger partial charge in [-0.3, -0.25) is 4.79 Å². The van der Waals surface area contributed by atoms with Crippen molar-refractivity contribution in [2.45, 2.75) is 20.8 Å². The smallest absolute Gasteiger partial charge is 0.264 e. The van der Waals surface area contributed by atoms with Gasteiger partial charge in [-0.05, 0) is 74.0 Å². The normalized spacial score (nSPS) is 16.4. The molecule has 0 aromatic heterocycles. The zero-order chi connectivity index (χ0) is 21.0. The highest BCUT2D eigenvalue weighted by Gasteiger charge is 2.24. The molecule has 29 heavy (non-hydrogen) atoms. The summed E-state index contributed by atoms with van der Waals surface area (Å²) in [6.45, 7) is 6.81. The van der Waals surface area contributed by atoms with Crippen molar-refractivity contribution in [3.8, 4) is 11.5 Å². The van der Waals surface area contributed by atoms with E-state index in [1.807, 2.05) is 45.0 Å². The first-order valence-corrected chi connectivity index (χ1v) is 11.0. The highest BCUT2D eigenvalue weighted by Crippen LogP contribution is 2.37. The third-order valence-corrected chi connectivity index (χ3v) is 5.99. The van der Waals surface area contributed by atoms with Gasteiger partial charge in [-0.2, -0.15) is 0 Å². The lowest BCUT2D eigenvalue weighted by Crippen LogP contribution is -2.19. The Morgan fingerprint density at radius 3 is 2.52 bits per heavy atom. The van der Waals surface area contributed by atoms with E-state index in [9.17, 15) is 4.79 Å². The second-order valence-electron chi connectivity index (χ2n) is 6.10. The van der Waals surface area contributed by atoms with Gasteiger partial charge in [0.25, 0.3) is 5.91 Å². The van der Waals surface area contributed by atoms with E-state index in [0.29, 0.717) is 45.5 Å². The van der Waals surface area contributed by atoms with Gasteiger partial charge >= 0.3 is 0 Å². The average molecular weight is 496 g/mol. The molecule has 0 radical (unpaired) electrons.